The standard InChI is InChI=1S/C15H12BrNO/c16-13-8-6-11(7-9-13)14(10-17)15(18)12-4-2-1-3-5-12/h1-9,14-15,18H. The van der Waals surface area contributed by atoms with Crippen LogP contribution >= 0.6 is 15.9 Å². The Bertz CT molecular complexity index is 545. The van der Waals surface area contributed by atoms with Crippen molar-refractivity contribution in [2.45, 2.75) is 12.0 Å². The van der Waals surface area contributed by atoms with Crippen molar-refractivity contribution in [3.63, 3.8) is 0 Å². The van der Waals surface area contributed by atoms with Gasteiger partial charge in [0.05, 0.1) is 12.2 Å². The molecule has 18 heavy (non-hydrogen) atoms. The molecule has 0 spiro atoms. The molecular weight excluding hydrogens is 290 g/mol. The molecular formula is C15H12BrNO. The number of halogens is 1. The van der Waals surface area contributed by atoms with Gasteiger partial charge in [-0.2, -0.15) is 5.26 Å². The monoisotopic (exact) mass is 301 g/mol. The predicted octanol–water partition coefficient (Wildman–Crippen LogP) is 3.79. The van der Waals surface area contributed by atoms with Gasteiger partial charge in [0.1, 0.15) is 5.92 Å². The van der Waals surface area contributed by atoms with Crippen LogP contribution in [0.15, 0.2) is 59.1 Å². The van der Waals surface area contributed by atoms with Gasteiger partial charge in [-0.15, -0.1) is 0 Å². The van der Waals surface area contributed by atoms with Crippen LogP contribution in [0.3, 0.4) is 0 Å². The lowest BCUT2D eigenvalue weighted by Crippen LogP contribution is -2.09. The van der Waals surface area contributed by atoms with Crippen LogP contribution in [0.2, 0.25) is 0 Å². The summed E-state index contributed by atoms with van der Waals surface area (Å²) in [5.41, 5.74) is 1.57. The van der Waals surface area contributed by atoms with E-state index in [1.54, 1.807) is 0 Å². The molecule has 2 aromatic rings. The second-order valence-electron chi connectivity index (χ2n) is 4.01. The molecule has 0 fully saturated rings. The summed E-state index contributed by atoms with van der Waals surface area (Å²) >= 11 is 3.35. The normalized spacial score (nSPS) is 13.6. The highest BCUT2D eigenvalue weighted by atomic mass is 79.9. The molecule has 0 amide bonds. The Balaban J connectivity index is 2.30. The van der Waals surface area contributed by atoms with Gasteiger partial charge in [0.25, 0.3) is 0 Å². The Morgan fingerprint density at radius 3 is 2.11 bits per heavy atom. The van der Waals surface area contributed by atoms with E-state index in [0.29, 0.717) is 0 Å². The zero-order chi connectivity index (χ0) is 13.0. The summed E-state index contributed by atoms with van der Waals surface area (Å²) in [7, 11) is 0. The van der Waals surface area contributed by atoms with Gasteiger partial charge >= 0.3 is 0 Å². The van der Waals surface area contributed by atoms with Gasteiger partial charge in [0.2, 0.25) is 0 Å². The maximum Gasteiger partial charge on any atom is 0.101 e. The molecule has 2 unspecified atom stereocenters. The maximum absolute atomic E-state index is 10.3. The van der Waals surface area contributed by atoms with Crippen LogP contribution in [0.1, 0.15) is 23.1 Å². The molecule has 0 bridgehead atoms. The van der Waals surface area contributed by atoms with Gasteiger partial charge in [-0.25, -0.2) is 0 Å². The van der Waals surface area contributed by atoms with Gasteiger partial charge in [-0.3, -0.25) is 0 Å². The summed E-state index contributed by atoms with van der Waals surface area (Å²) < 4.78 is 0.956. The number of rotatable bonds is 3. The van der Waals surface area contributed by atoms with Gasteiger partial charge in [0, 0.05) is 4.47 Å². The summed E-state index contributed by atoms with van der Waals surface area (Å²) in [6.07, 6.45) is -0.808. The highest BCUT2D eigenvalue weighted by molar-refractivity contribution is 9.10. The predicted molar refractivity (Wildman–Crippen MR) is 73.9 cm³/mol. The zero-order valence-electron chi connectivity index (χ0n) is 9.62. The van der Waals surface area contributed by atoms with E-state index in [1.807, 2.05) is 54.6 Å². The van der Waals surface area contributed by atoms with Crippen LogP contribution in [0.4, 0.5) is 0 Å². The summed E-state index contributed by atoms with van der Waals surface area (Å²) in [5, 5.41) is 19.5. The van der Waals surface area contributed by atoms with E-state index in [0.717, 1.165) is 15.6 Å². The number of aliphatic hydroxyl groups is 1. The molecule has 0 aliphatic heterocycles. The quantitative estimate of drug-likeness (QED) is 0.937. The van der Waals surface area contributed by atoms with Crippen molar-refractivity contribution in [2.24, 2.45) is 0 Å². The lowest BCUT2D eigenvalue weighted by molar-refractivity contribution is 0.164. The van der Waals surface area contributed by atoms with E-state index in [1.165, 1.54) is 0 Å². The first-order valence-electron chi connectivity index (χ1n) is 5.60. The summed E-state index contributed by atoms with van der Waals surface area (Å²) in [6, 6.07) is 18.9. The van der Waals surface area contributed by atoms with E-state index in [-0.39, 0.29) is 0 Å². The van der Waals surface area contributed by atoms with Crippen molar-refractivity contribution >= 4 is 15.9 Å². The smallest absolute Gasteiger partial charge is 0.101 e. The Labute approximate surface area is 115 Å². The molecule has 2 aromatic carbocycles. The highest BCUT2D eigenvalue weighted by Gasteiger charge is 2.22. The van der Waals surface area contributed by atoms with Crippen molar-refractivity contribution in [1.29, 1.82) is 5.26 Å². The fourth-order valence-corrected chi connectivity index (χ4v) is 2.10. The minimum absolute atomic E-state index is 0.555. The molecule has 0 saturated carbocycles. The Hall–Kier alpha value is -1.63. The number of nitriles is 1. The summed E-state index contributed by atoms with van der Waals surface area (Å²) in [6.45, 7) is 0. The van der Waals surface area contributed by atoms with Crippen LogP contribution in [-0.2, 0) is 0 Å². The third-order valence-electron chi connectivity index (χ3n) is 2.83. The lowest BCUT2D eigenvalue weighted by Gasteiger charge is -2.17. The topological polar surface area (TPSA) is 44.0 Å². The number of nitrogens with zero attached hydrogens (tertiary/aromatic N) is 1. The number of hydrogen-bond acceptors (Lipinski definition) is 2. The molecule has 0 aliphatic carbocycles. The molecule has 2 nitrogen and oxygen atoms in total. The van der Waals surface area contributed by atoms with Crippen molar-refractivity contribution in [3.05, 3.63) is 70.2 Å². The van der Waals surface area contributed by atoms with E-state index in [9.17, 15) is 10.4 Å². The Kier molecular flexibility index (Phi) is 4.14. The third-order valence-corrected chi connectivity index (χ3v) is 3.35. The van der Waals surface area contributed by atoms with Crippen molar-refractivity contribution in [1.82, 2.24) is 0 Å². The lowest BCUT2D eigenvalue weighted by atomic mass is 9.90. The first-order valence-corrected chi connectivity index (χ1v) is 6.40. The molecule has 0 heterocycles. The minimum Gasteiger partial charge on any atom is -0.387 e. The molecule has 3 heteroatoms. The molecule has 0 aromatic heterocycles. The molecule has 0 saturated heterocycles. The summed E-state index contributed by atoms with van der Waals surface area (Å²) in [5.74, 6) is -0.555. The molecule has 0 radical (unpaired) electrons. The van der Waals surface area contributed by atoms with E-state index in [4.69, 9.17) is 0 Å². The molecule has 0 aliphatic rings. The number of hydrogen-bond donors (Lipinski definition) is 1. The highest BCUT2D eigenvalue weighted by Crippen LogP contribution is 2.30. The fraction of sp³-hybridized carbons (Fsp3) is 0.133. The van der Waals surface area contributed by atoms with Crippen LogP contribution in [-0.4, -0.2) is 5.11 Å². The maximum atomic E-state index is 10.3. The molecule has 1 N–H and O–H groups in total. The van der Waals surface area contributed by atoms with Crippen LogP contribution in [0.25, 0.3) is 0 Å². The fourth-order valence-electron chi connectivity index (χ4n) is 1.84. The van der Waals surface area contributed by atoms with Crippen molar-refractivity contribution in [3.8, 4) is 6.07 Å². The Morgan fingerprint density at radius 1 is 0.944 bits per heavy atom. The van der Waals surface area contributed by atoms with Crippen LogP contribution < -0.4 is 0 Å². The number of aliphatic hydroxyl groups excluding tert-OH is 1. The van der Waals surface area contributed by atoms with Gasteiger partial charge in [-0.1, -0.05) is 58.4 Å². The van der Waals surface area contributed by atoms with Crippen LogP contribution in [0.5, 0.6) is 0 Å². The van der Waals surface area contributed by atoms with E-state index >= 15 is 0 Å². The third kappa shape index (κ3) is 2.79. The zero-order valence-corrected chi connectivity index (χ0v) is 11.2. The number of benzene rings is 2. The first-order chi connectivity index (χ1) is 8.72. The SMILES string of the molecule is N#CC(c1ccc(Br)cc1)C(O)c1ccccc1. The average molecular weight is 302 g/mol. The summed E-state index contributed by atoms with van der Waals surface area (Å²) in [4.78, 5) is 0. The minimum atomic E-state index is -0.808. The van der Waals surface area contributed by atoms with Crippen molar-refractivity contribution in [2.75, 3.05) is 0 Å². The van der Waals surface area contributed by atoms with Crippen molar-refractivity contribution < 1.29 is 5.11 Å². The average Bonchev–Trinajstić information content (AvgIpc) is 2.42. The van der Waals surface area contributed by atoms with E-state index in [2.05, 4.69) is 22.0 Å². The molecule has 2 rings (SSSR count). The van der Waals surface area contributed by atoms with Gasteiger partial charge in [0.15, 0.2) is 0 Å². The largest absolute Gasteiger partial charge is 0.387 e. The molecule has 90 valence electrons. The second-order valence-corrected chi connectivity index (χ2v) is 4.93. The second kappa shape index (κ2) is 5.81. The van der Waals surface area contributed by atoms with Gasteiger partial charge < -0.3 is 5.11 Å². The van der Waals surface area contributed by atoms with Crippen LogP contribution in [0, 0.1) is 11.3 Å². The van der Waals surface area contributed by atoms with Gasteiger partial charge in [-0.05, 0) is 23.3 Å². The Morgan fingerprint density at radius 2 is 1.56 bits per heavy atom. The molecule has 2 atom stereocenters. The first kappa shape index (κ1) is 12.8. The van der Waals surface area contributed by atoms with E-state index < -0.39 is 12.0 Å².